The molecule has 1 aliphatic rings. The van der Waals surface area contributed by atoms with Gasteiger partial charge in [-0.2, -0.15) is 5.10 Å². The standard InChI is InChI=1S/C13H16N4O/c1-17-7-6-9(8-17)14-13(18)12-10-4-2-3-5-11(10)15-16-12/h2-5,9H,6-8H2,1H3,(H,14,18)(H,15,16)/t9-/m1/s1. The van der Waals surface area contributed by atoms with Crippen molar-refractivity contribution in [1.82, 2.24) is 20.4 Å². The fourth-order valence-corrected chi connectivity index (χ4v) is 2.44. The molecule has 1 aliphatic heterocycles. The van der Waals surface area contributed by atoms with Gasteiger partial charge in [0.05, 0.1) is 5.52 Å². The van der Waals surface area contributed by atoms with Crippen LogP contribution in [0.5, 0.6) is 0 Å². The molecule has 2 N–H and O–H groups in total. The predicted octanol–water partition coefficient (Wildman–Crippen LogP) is 0.997. The molecule has 18 heavy (non-hydrogen) atoms. The van der Waals surface area contributed by atoms with Gasteiger partial charge < -0.3 is 10.2 Å². The van der Waals surface area contributed by atoms with Crippen molar-refractivity contribution in [3.05, 3.63) is 30.0 Å². The highest BCUT2D eigenvalue weighted by molar-refractivity contribution is 6.04. The number of aromatic amines is 1. The van der Waals surface area contributed by atoms with Gasteiger partial charge in [-0.1, -0.05) is 18.2 Å². The minimum absolute atomic E-state index is 0.0900. The summed E-state index contributed by atoms with van der Waals surface area (Å²) in [5.74, 6) is -0.0900. The maximum absolute atomic E-state index is 12.2. The minimum Gasteiger partial charge on any atom is -0.347 e. The number of nitrogens with zero attached hydrogens (tertiary/aromatic N) is 2. The van der Waals surface area contributed by atoms with E-state index in [9.17, 15) is 4.79 Å². The molecule has 94 valence electrons. The number of likely N-dealkylation sites (tertiary alicyclic amines) is 1. The van der Waals surface area contributed by atoms with Gasteiger partial charge in [0.2, 0.25) is 0 Å². The van der Waals surface area contributed by atoms with E-state index in [1.165, 1.54) is 0 Å². The van der Waals surface area contributed by atoms with E-state index in [4.69, 9.17) is 0 Å². The zero-order valence-corrected chi connectivity index (χ0v) is 10.3. The van der Waals surface area contributed by atoms with Crippen LogP contribution in [-0.2, 0) is 0 Å². The Labute approximate surface area is 105 Å². The Morgan fingerprint density at radius 3 is 3.11 bits per heavy atom. The van der Waals surface area contributed by atoms with E-state index in [1.54, 1.807) is 0 Å². The fourth-order valence-electron chi connectivity index (χ4n) is 2.44. The van der Waals surface area contributed by atoms with Gasteiger partial charge in [-0.15, -0.1) is 0 Å². The molecule has 5 heteroatoms. The number of aromatic nitrogens is 2. The summed E-state index contributed by atoms with van der Waals surface area (Å²) < 4.78 is 0. The third kappa shape index (κ3) is 1.97. The number of fused-ring (bicyclic) bond motifs is 1. The van der Waals surface area contributed by atoms with Crippen molar-refractivity contribution in [1.29, 1.82) is 0 Å². The average molecular weight is 244 g/mol. The van der Waals surface area contributed by atoms with Crippen LogP contribution in [0.3, 0.4) is 0 Å². The molecule has 2 heterocycles. The Bertz CT molecular complexity index is 577. The number of nitrogens with one attached hydrogen (secondary N) is 2. The summed E-state index contributed by atoms with van der Waals surface area (Å²) in [4.78, 5) is 14.4. The lowest BCUT2D eigenvalue weighted by molar-refractivity contribution is 0.0935. The first-order valence-electron chi connectivity index (χ1n) is 6.16. The zero-order chi connectivity index (χ0) is 12.5. The molecule has 2 aromatic rings. The van der Waals surface area contributed by atoms with Crippen LogP contribution in [0.4, 0.5) is 0 Å². The van der Waals surface area contributed by atoms with Crippen molar-refractivity contribution in [3.8, 4) is 0 Å². The third-order valence-corrected chi connectivity index (χ3v) is 3.41. The van der Waals surface area contributed by atoms with Crippen molar-refractivity contribution in [2.24, 2.45) is 0 Å². The van der Waals surface area contributed by atoms with Crippen LogP contribution in [-0.4, -0.2) is 47.2 Å². The Kier molecular flexibility index (Phi) is 2.76. The predicted molar refractivity (Wildman–Crippen MR) is 69.5 cm³/mol. The van der Waals surface area contributed by atoms with Gasteiger partial charge in [-0.3, -0.25) is 9.89 Å². The monoisotopic (exact) mass is 244 g/mol. The molecule has 1 saturated heterocycles. The summed E-state index contributed by atoms with van der Waals surface area (Å²) in [5, 5.41) is 10.9. The molecule has 1 amide bonds. The molecule has 0 aliphatic carbocycles. The van der Waals surface area contributed by atoms with Crippen LogP contribution in [0.2, 0.25) is 0 Å². The first kappa shape index (κ1) is 11.2. The zero-order valence-electron chi connectivity index (χ0n) is 10.3. The number of likely N-dealkylation sites (N-methyl/N-ethyl adjacent to an activating group) is 1. The molecule has 0 spiro atoms. The van der Waals surface area contributed by atoms with E-state index in [0.717, 1.165) is 30.4 Å². The first-order valence-corrected chi connectivity index (χ1v) is 6.16. The quantitative estimate of drug-likeness (QED) is 0.828. The van der Waals surface area contributed by atoms with E-state index < -0.39 is 0 Å². The van der Waals surface area contributed by atoms with Gasteiger partial charge in [-0.25, -0.2) is 0 Å². The molecule has 0 unspecified atom stereocenters. The first-order chi connectivity index (χ1) is 8.74. The number of amides is 1. The van der Waals surface area contributed by atoms with Crippen LogP contribution in [0.1, 0.15) is 16.9 Å². The highest BCUT2D eigenvalue weighted by Gasteiger charge is 2.23. The average Bonchev–Trinajstić information content (AvgIpc) is 2.95. The lowest BCUT2D eigenvalue weighted by atomic mass is 10.2. The van der Waals surface area contributed by atoms with Crippen LogP contribution in [0, 0.1) is 0 Å². The summed E-state index contributed by atoms with van der Waals surface area (Å²) in [6, 6.07) is 7.90. The smallest absolute Gasteiger partial charge is 0.272 e. The summed E-state index contributed by atoms with van der Waals surface area (Å²) in [6.07, 6.45) is 1.00. The number of para-hydroxylation sites is 1. The van der Waals surface area contributed by atoms with Gasteiger partial charge in [-0.05, 0) is 26.1 Å². The molecule has 0 radical (unpaired) electrons. The molecule has 0 bridgehead atoms. The Balaban J connectivity index is 1.80. The van der Waals surface area contributed by atoms with Gasteiger partial charge in [0.25, 0.3) is 5.91 Å². The van der Waals surface area contributed by atoms with Crippen molar-refractivity contribution in [2.45, 2.75) is 12.5 Å². The van der Waals surface area contributed by atoms with Crippen molar-refractivity contribution in [3.63, 3.8) is 0 Å². The van der Waals surface area contributed by atoms with E-state index >= 15 is 0 Å². The number of benzene rings is 1. The number of carbonyl (C=O) groups excluding carboxylic acids is 1. The maximum Gasteiger partial charge on any atom is 0.272 e. The summed E-state index contributed by atoms with van der Waals surface area (Å²) in [5.41, 5.74) is 1.38. The minimum atomic E-state index is -0.0900. The summed E-state index contributed by atoms with van der Waals surface area (Å²) in [7, 11) is 2.07. The normalized spacial score (nSPS) is 20.4. The molecule has 1 aromatic heterocycles. The molecule has 1 fully saturated rings. The molecule has 3 rings (SSSR count). The maximum atomic E-state index is 12.2. The molecule has 1 aromatic carbocycles. The van der Waals surface area contributed by atoms with Crippen LogP contribution in [0.15, 0.2) is 24.3 Å². The number of rotatable bonds is 2. The second-order valence-electron chi connectivity index (χ2n) is 4.84. The fraction of sp³-hybridized carbons (Fsp3) is 0.385. The summed E-state index contributed by atoms with van der Waals surface area (Å²) >= 11 is 0. The van der Waals surface area contributed by atoms with E-state index in [0.29, 0.717) is 5.69 Å². The highest BCUT2D eigenvalue weighted by Crippen LogP contribution is 2.15. The lowest BCUT2D eigenvalue weighted by Gasteiger charge is -2.11. The van der Waals surface area contributed by atoms with Crippen LogP contribution >= 0.6 is 0 Å². The Morgan fingerprint density at radius 2 is 2.33 bits per heavy atom. The van der Waals surface area contributed by atoms with Gasteiger partial charge in [0.15, 0.2) is 5.69 Å². The van der Waals surface area contributed by atoms with Crippen LogP contribution in [0.25, 0.3) is 10.9 Å². The number of hydrogen-bond donors (Lipinski definition) is 2. The second-order valence-corrected chi connectivity index (χ2v) is 4.84. The van der Waals surface area contributed by atoms with Crippen molar-refractivity contribution in [2.75, 3.05) is 20.1 Å². The van der Waals surface area contributed by atoms with Gasteiger partial charge in [0, 0.05) is 18.0 Å². The molecule has 5 nitrogen and oxygen atoms in total. The topological polar surface area (TPSA) is 61.0 Å². The van der Waals surface area contributed by atoms with Crippen LogP contribution < -0.4 is 5.32 Å². The lowest BCUT2D eigenvalue weighted by Crippen LogP contribution is -2.36. The molecular weight excluding hydrogens is 228 g/mol. The van der Waals surface area contributed by atoms with Gasteiger partial charge >= 0.3 is 0 Å². The van der Waals surface area contributed by atoms with E-state index in [1.807, 2.05) is 24.3 Å². The van der Waals surface area contributed by atoms with Crippen molar-refractivity contribution < 1.29 is 4.79 Å². The third-order valence-electron chi connectivity index (χ3n) is 3.41. The molecular formula is C13H16N4O. The molecule has 0 saturated carbocycles. The highest BCUT2D eigenvalue weighted by atomic mass is 16.2. The number of hydrogen-bond acceptors (Lipinski definition) is 3. The van der Waals surface area contributed by atoms with Gasteiger partial charge in [0.1, 0.15) is 0 Å². The SMILES string of the molecule is CN1CC[C@@H](NC(=O)c2n[nH]c3ccccc23)C1. The molecule has 1 atom stereocenters. The Hall–Kier alpha value is -1.88. The van der Waals surface area contributed by atoms with E-state index in [2.05, 4.69) is 27.5 Å². The Morgan fingerprint density at radius 1 is 1.50 bits per heavy atom. The number of carbonyl (C=O) groups is 1. The van der Waals surface area contributed by atoms with E-state index in [-0.39, 0.29) is 11.9 Å². The van der Waals surface area contributed by atoms with Crippen molar-refractivity contribution >= 4 is 16.8 Å². The largest absolute Gasteiger partial charge is 0.347 e. The summed E-state index contributed by atoms with van der Waals surface area (Å²) in [6.45, 7) is 1.94. The second kappa shape index (κ2) is 4.42. The number of H-pyrrole nitrogens is 1.